The van der Waals surface area contributed by atoms with Crippen molar-refractivity contribution in [1.82, 2.24) is 5.43 Å². The first-order chi connectivity index (χ1) is 6.06. The molecule has 0 radical (unpaired) electrons. The average Bonchev–Trinajstić information content (AvgIpc) is 2.46. The van der Waals surface area contributed by atoms with Crippen molar-refractivity contribution < 1.29 is 14.7 Å². The molecule has 5 nitrogen and oxygen atoms in total. The molecular weight excluding hydrogens is 192 g/mol. The van der Waals surface area contributed by atoms with Gasteiger partial charge in [-0.1, -0.05) is 0 Å². The topological polar surface area (TPSA) is 92.4 Å². The normalized spacial score (nSPS) is 9.69. The van der Waals surface area contributed by atoms with Crippen molar-refractivity contribution in [3.63, 3.8) is 0 Å². The van der Waals surface area contributed by atoms with Gasteiger partial charge in [0.05, 0.1) is 5.56 Å². The highest BCUT2D eigenvalue weighted by atomic mass is 32.1. The summed E-state index contributed by atoms with van der Waals surface area (Å²) in [7, 11) is 0. The lowest BCUT2D eigenvalue weighted by molar-refractivity contribution is 0.0696. The van der Waals surface area contributed by atoms with Crippen LogP contribution in [0, 0.1) is 6.92 Å². The van der Waals surface area contributed by atoms with Gasteiger partial charge in [0.2, 0.25) is 0 Å². The number of carbonyl (C=O) groups excluding carboxylic acids is 1. The van der Waals surface area contributed by atoms with Crippen molar-refractivity contribution >= 4 is 23.2 Å². The van der Waals surface area contributed by atoms with Crippen molar-refractivity contribution in [2.75, 3.05) is 0 Å². The molecule has 1 heterocycles. The second kappa shape index (κ2) is 3.55. The molecule has 0 saturated carbocycles. The lowest BCUT2D eigenvalue weighted by Crippen LogP contribution is -2.30. The van der Waals surface area contributed by atoms with Crippen LogP contribution in [0.5, 0.6) is 0 Å². The van der Waals surface area contributed by atoms with Crippen LogP contribution in [-0.4, -0.2) is 17.0 Å². The highest BCUT2D eigenvalue weighted by molar-refractivity contribution is 7.14. The van der Waals surface area contributed by atoms with Gasteiger partial charge in [-0.25, -0.2) is 10.6 Å². The molecule has 0 fully saturated rings. The van der Waals surface area contributed by atoms with Crippen LogP contribution < -0.4 is 11.3 Å². The van der Waals surface area contributed by atoms with E-state index < -0.39 is 11.9 Å². The number of nitrogen functional groups attached to an aromatic ring is 1. The van der Waals surface area contributed by atoms with Gasteiger partial charge in [-0.05, 0) is 13.0 Å². The summed E-state index contributed by atoms with van der Waals surface area (Å²) < 4.78 is 0. The van der Waals surface area contributed by atoms with Gasteiger partial charge in [-0.3, -0.25) is 10.2 Å². The van der Waals surface area contributed by atoms with Crippen LogP contribution in [0.25, 0.3) is 0 Å². The van der Waals surface area contributed by atoms with E-state index in [1.807, 2.05) is 5.43 Å². The van der Waals surface area contributed by atoms with E-state index in [1.54, 1.807) is 6.92 Å². The number of hydrogen-bond donors (Lipinski definition) is 3. The molecule has 0 aliphatic rings. The molecule has 0 bridgehead atoms. The van der Waals surface area contributed by atoms with Crippen LogP contribution >= 0.6 is 11.3 Å². The number of hydrogen-bond acceptors (Lipinski definition) is 4. The number of aromatic carboxylic acids is 1. The van der Waals surface area contributed by atoms with Crippen molar-refractivity contribution in [2.45, 2.75) is 6.92 Å². The van der Waals surface area contributed by atoms with Gasteiger partial charge in [0.1, 0.15) is 4.88 Å². The predicted molar refractivity (Wildman–Crippen MR) is 47.7 cm³/mol. The Hall–Kier alpha value is -1.40. The number of hydrazine groups is 1. The second-order valence-corrected chi connectivity index (χ2v) is 3.63. The second-order valence-electron chi connectivity index (χ2n) is 2.38. The third-order valence-corrected chi connectivity index (χ3v) is 2.46. The number of thiophene rings is 1. The zero-order valence-electron chi connectivity index (χ0n) is 6.83. The van der Waals surface area contributed by atoms with E-state index in [9.17, 15) is 9.59 Å². The lowest BCUT2D eigenvalue weighted by Gasteiger charge is -1.96. The summed E-state index contributed by atoms with van der Waals surface area (Å²) in [6.07, 6.45) is 0. The standard InChI is InChI=1S/C7H8N2O3S/c1-3-2-4(6(10)9-8)5(13-3)7(11)12/h2H,8H2,1H3,(H,9,10)(H,11,12). The Morgan fingerprint density at radius 1 is 1.62 bits per heavy atom. The molecule has 1 amide bonds. The molecule has 6 heteroatoms. The predicted octanol–water partition coefficient (Wildman–Crippen LogP) is 0.358. The van der Waals surface area contributed by atoms with E-state index in [0.29, 0.717) is 0 Å². The first kappa shape index (κ1) is 9.69. The van der Waals surface area contributed by atoms with Crippen LogP contribution in [0.15, 0.2) is 6.07 Å². The molecule has 0 saturated heterocycles. The zero-order valence-corrected chi connectivity index (χ0v) is 7.64. The van der Waals surface area contributed by atoms with Crippen molar-refractivity contribution in [1.29, 1.82) is 0 Å². The maximum absolute atomic E-state index is 11.1. The molecule has 4 N–H and O–H groups in total. The highest BCUT2D eigenvalue weighted by Crippen LogP contribution is 2.21. The van der Waals surface area contributed by atoms with Crippen molar-refractivity contribution in [3.05, 3.63) is 21.4 Å². The van der Waals surface area contributed by atoms with Crippen LogP contribution in [0.3, 0.4) is 0 Å². The van der Waals surface area contributed by atoms with E-state index in [1.165, 1.54) is 6.07 Å². The van der Waals surface area contributed by atoms with E-state index >= 15 is 0 Å². The number of nitrogens with two attached hydrogens (primary N) is 1. The van der Waals surface area contributed by atoms with E-state index in [4.69, 9.17) is 10.9 Å². The van der Waals surface area contributed by atoms with E-state index in [2.05, 4.69) is 0 Å². The average molecular weight is 200 g/mol. The molecule has 0 unspecified atom stereocenters. The molecule has 0 aromatic carbocycles. The smallest absolute Gasteiger partial charge is 0.346 e. The Kier molecular flexibility index (Phi) is 2.64. The van der Waals surface area contributed by atoms with Gasteiger partial charge in [0.15, 0.2) is 0 Å². The van der Waals surface area contributed by atoms with Crippen molar-refractivity contribution in [3.8, 4) is 0 Å². The molecular formula is C7H8N2O3S. The molecule has 1 aromatic rings. The Morgan fingerprint density at radius 3 is 2.69 bits per heavy atom. The van der Waals surface area contributed by atoms with Gasteiger partial charge in [-0.2, -0.15) is 0 Å². The van der Waals surface area contributed by atoms with Crippen molar-refractivity contribution in [2.24, 2.45) is 5.84 Å². The summed E-state index contributed by atoms with van der Waals surface area (Å²) in [5.41, 5.74) is 2.00. The number of rotatable bonds is 2. The number of aryl methyl sites for hydroxylation is 1. The summed E-state index contributed by atoms with van der Waals surface area (Å²) in [6, 6.07) is 1.50. The summed E-state index contributed by atoms with van der Waals surface area (Å²) in [5.74, 6) is 3.20. The summed E-state index contributed by atoms with van der Waals surface area (Å²) in [4.78, 5) is 22.5. The third-order valence-electron chi connectivity index (χ3n) is 1.43. The van der Waals surface area contributed by atoms with Crippen LogP contribution in [-0.2, 0) is 0 Å². The first-order valence-corrected chi connectivity index (χ1v) is 4.22. The molecule has 1 rings (SSSR count). The maximum Gasteiger partial charge on any atom is 0.346 e. The molecule has 1 aromatic heterocycles. The van der Waals surface area contributed by atoms with Crippen LogP contribution in [0.4, 0.5) is 0 Å². The van der Waals surface area contributed by atoms with Gasteiger partial charge < -0.3 is 5.11 Å². The minimum Gasteiger partial charge on any atom is -0.477 e. The van der Waals surface area contributed by atoms with Gasteiger partial charge in [-0.15, -0.1) is 11.3 Å². The fourth-order valence-electron chi connectivity index (χ4n) is 0.920. The maximum atomic E-state index is 11.1. The number of nitrogens with one attached hydrogen (secondary N) is 1. The Bertz CT molecular complexity index is 359. The molecule has 13 heavy (non-hydrogen) atoms. The fraction of sp³-hybridized carbons (Fsp3) is 0.143. The molecule has 0 spiro atoms. The van der Waals surface area contributed by atoms with Gasteiger partial charge >= 0.3 is 5.97 Å². The number of carbonyl (C=O) groups is 2. The van der Waals surface area contributed by atoms with Gasteiger partial charge in [0, 0.05) is 4.88 Å². The minimum atomic E-state index is -1.11. The van der Waals surface area contributed by atoms with Crippen LogP contribution in [0.1, 0.15) is 24.9 Å². The largest absolute Gasteiger partial charge is 0.477 e. The summed E-state index contributed by atoms with van der Waals surface area (Å²) in [5, 5.41) is 8.71. The Balaban J connectivity index is 3.19. The minimum absolute atomic E-state index is 0.0143. The fourth-order valence-corrected chi connectivity index (χ4v) is 1.77. The monoisotopic (exact) mass is 200 g/mol. The quantitative estimate of drug-likeness (QED) is 0.365. The third kappa shape index (κ3) is 1.85. The Morgan fingerprint density at radius 2 is 2.23 bits per heavy atom. The van der Waals surface area contributed by atoms with E-state index in [0.717, 1.165) is 16.2 Å². The summed E-state index contributed by atoms with van der Waals surface area (Å²) >= 11 is 1.05. The SMILES string of the molecule is Cc1cc(C(=O)NN)c(C(=O)O)s1. The molecule has 0 atom stereocenters. The lowest BCUT2D eigenvalue weighted by atomic mass is 10.2. The Labute approximate surface area is 78.1 Å². The molecule has 0 aliphatic carbocycles. The van der Waals surface area contributed by atoms with E-state index in [-0.39, 0.29) is 10.4 Å². The first-order valence-electron chi connectivity index (χ1n) is 3.41. The number of amides is 1. The number of carboxylic acids is 1. The van der Waals surface area contributed by atoms with Crippen LogP contribution in [0.2, 0.25) is 0 Å². The molecule has 70 valence electrons. The number of carboxylic acid groups (broad SMARTS) is 1. The summed E-state index contributed by atoms with van der Waals surface area (Å²) in [6.45, 7) is 1.73. The van der Waals surface area contributed by atoms with Gasteiger partial charge in [0.25, 0.3) is 5.91 Å². The highest BCUT2D eigenvalue weighted by Gasteiger charge is 2.18. The molecule has 0 aliphatic heterocycles. The zero-order chi connectivity index (χ0) is 10.0.